The molecule has 0 saturated heterocycles. The van der Waals surface area contributed by atoms with Crippen molar-refractivity contribution in [3.05, 3.63) is 36.0 Å². The molecule has 0 unspecified atom stereocenters. The summed E-state index contributed by atoms with van der Waals surface area (Å²) in [5.41, 5.74) is 7.47. The summed E-state index contributed by atoms with van der Waals surface area (Å²) >= 11 is 0. The number of hydroxylamine groups is 2. The van der Waals surface area contributed by atoms with Gasteiger partial charge < -0.3 is 10.6 Å². The van der Waals surface area contributed by atoms with Crippen molar-refractivity contribution < 1.29 is 4.84 Å². The van der Waals surface area contributed by atoms with Gasteiger partial charge >= 0.3 is 0 Å². The lowest BCUT2D eigenvalue weighted by molar-refractivity contribution is 0.0178. The first-order valence-electron chi connectivity index (χ1n) is 4.75. The Morgan fingerprint density at radius 2 is 1.86 bits per heavy atom. The van der Waals surface area contributed by atoms with Crippen molar-refractivity contribution in [1.82, 2.24) is 5.06 Å². The first-order chi connectivity index (χ1) is 6.77. The topological polar surface area (TPSA) is 38.5 Å². The van der Waals surface area contributed by atoms with E-state index in [1.807, 2.05) is 45.2 Å². The Morgan fingerprint density at radius 3 is 2.57 bits per heavy atom. The molecule has 1 heterocycles. The molecular weight excluding hydrogens is 176 g/mol. The molecule has 1 aromatic rings. The summed E-state index contributed by atoms with van der Waals surface area (Å²) in [4.78, 5) is 5.38. The third kappa shape index (κ3) is 1.99. The van der Waals surface area contributed by atoms with Gasteiger partial charge in [0.1, 0.15) is 0 Å². The van der Waals surface area contributed by atoms with Crippen molar-refractivity contribution in [3.8, 4) is 5.75 Å². The highest BCUT2D eigenvalue weighted by molar-refractivity contribution is 5.68. The van der Waals surface area contributed by atoms with Gasteiger partial charge in [0.25, 0.3) is 0 Å². The molecule has 2 N–H and O–H groups in total. The molecule has 2 rings (SSSR count). The SMILES string of the molecule is CC.CN1C=C(N)c2ccccc2O1. The number of nitrogens with zero attached hydrogens (tertiary/aromatic N) is 1. The van der Waals surface area contributed by atoms with Crippen molar-refractivity contribution in [2.45, 2.75) is 13.8 Å². The number of rotatable bonds is 0. The van der Waals surface area contributed by atoms with Crippen LogP contribution >= 0.6 is 0 Å². The molecule has 0 amide bonds. The van der Waals surface area contributed by atoms with Crippen LogP contribution in [0, 0.1) is 0 Å². The van der Waals surface area contributed by atoms with Crippen LogP contribution in [0.25, 0.3) is 5.70 Å². The van der Waals surface area contributed by atoms with Crippen LogP contribution in [-0.2, 0) is 0 Å². The highest BCUT2D eigenvalue weighted by Gasteiger charge is 2.12. The van der Waals surface area contributed by atoms with E-state index >= 15 is 0 Å². The van der Waals surface area contributed by atoms with Gasteiger partial charge in [-0.15, -0.1) is 0 Å². The van der Waals surface area contributed by atoms with Crippen LogP contribution in [0.15, 0.2) is 30.5 Å². The fraction of sp³-hybridized carbons (Fsp3) is 0.273. The standard InChI is InChI=1S/C9H10N2O.C2H6/c1-11-6-8(10)7-4-2-3-5-9(7)12-11;1-2/h2-6H,10H2,1H3;1-2H3. The Bertz CT molecular complexity index is 334. The predicted molar refractivity (Wildman–Crippen MR) is 58.3 cm³/mol. The molecule has 3 heteroatoms. The Balaban J connectivity index is 0.000000461. The van der Waals surface area contributed by atoms with Gasteiger partial charge in [-0.05, 0) is 12.1 Å². The zero-order valence-electron chi connectivity index (χ0n) is 8.82. The number of benzene rings is 1. The van der Waals surface area contributed by atoms with Crippen LogP contribution in [0.3, 0.4) is 0 Å². The maximum absolute atomic E-state index is 5.78. The van der Waals surface area contributed by atoms with Gasteiger partial charge in [0.2, 0.25) is 0 Å². The molecule has 0 spiro atoms. The normalized spacial score (nSPS) is 13.1. The summed E-state index contributed by atoms with van der Waals surface area (Å²) in [6.45, 7) is 4.00. The summed E-state index contributed by atoms with van der Waals surface area (Å²) in [7, 11) is 1.81. The molecule has 76 valence electrons. The van der Waals surface area contributed by atoms with Crippen molar-refractivity contribution in [1.29, 1.82) is 0 Å². The molecule has 0 radical (unpaired) electrons. The Morgan fingerprint density at radius 1 is 1.21 bits per heavy atom. The van der Waals surface area contributed by atoms with E-state index in [0.29, 0.717) is 0 Å². The zero-order chi connectivity index (χ0) is 10.6. The molecule has 1 aliphatic heterocycles. The first-order valence-corrected chi connectivity index (χ1v) is 4.75. The molecule has 0 atom stereocenters. The molecule has 1 aliphatic rings. The number of fused-ring (bicyclic) bond motifs is 1. The Hall–Kier alpha value is -1.64. The van der Waals surface area contributed by atoms with E-state index in [-0.39, 0.29) is 0 Å². The summed E-state index contributed by atoms with van der Waals surface area (Å²) in [5, 5.41) is 1.59. The lowest BCUT2D eigenvalue weighted by Gasteiger charge is -2.23. The van der Waals surface area contributed by atoms with Gasteiger partial charge in [0.15, 0.2) is 5.75 Å². The molecule has 0 bridgehead atoms. The van der Waals surface area contributed by atoms with Gasteiger partial charge in [-0.3, -0.25) is 0 Å². The monoisotopic (exact) mass is 192 g/mol. The summed E-state index contributed by atoms with van der Waals surface area (Å²) in [6.07, 6.45) is 1.75. The van der Waals surface area contributed by atoms with Crippen LogP contribution in [0.1, 0.15) is 19.4 Å². The van der Waals surface area contributed by atoms with Crippen LogP contribution in [0.2, 0.25) is 0 Å². The van der Waals surface area contributed by atoms with Gasteiger partial charge in [0.05, 0.1) is 11.9 Å². The largest absolute Gasteiger partial charge is 0.397 e. The third-order valence-electron chi connectivity index (χ3n) is 1.76. The lowest BCUT2D eigenvalue weighted by Crippen LogP contribution is -2.22. The minimum absolute atomic E-state index is 0.736. The highest BCUT2D eigenvalue weighted by atomic mass is 16.7. The quantitative estimate of drug-likeness (QED) is 0.685. The van der Waals surface area contributed by atoms with Gasteiger partial charge in [-0.25, -0.2) is 5.06 Å². The smallest absolute Gasteiger partial charge is 0.164 e. The second-order valence-electron chi connectivity index (χ2n) is 2.72. The summed E-state index contributed by atoms with van der Waals surface area (Å²) in [6, 6.07) is 7.69. The molecule has 0 fully saturated rings. The van der Waals surface area contributed by atoms with E-state index in [1.165, 1.54) is 0 Å². The minimum Gasteiger partial charge on any atom is -0.397 e. The lowest BCUT2D eigenvalue weighted by atomic mass is 10.1. The average molecular weight is 192 g/mol. The predicted octanol–water partition coefficient (Wildman–Crippen LogP) is 2.21. The van der Waals surface area contributed by atoms with Crippen molar-refractivity contribution in [2.75, 3.05) is 7.05 Å². The van der Waals surface area contributed by atoms with Crippen molar-refractivity contribution in [2.24, 2.45) is 5.73 Å². The number of nitrogens with two attached hydrogens (primary N) is 1. The first kappa shape index (κ1) is 10.4. The van der Waals surface area contributed by atoms with E-state index in [9.17, 15) is 0 Å². The highest BCUT2D eigenvalue weighted by Crippen LogP contribution is 2.27. The summed E-state index contributed by atoms with van der Waals surface area (Å²) in [5.74, 6) is 0.806. The fourth-order valence-corrected chi connectivity index (χ4v) is 1.23. The molecule has 1 aromatic carbocycles. The average Bonchev–Trinajstić information content (AvgIpc) is 2.20. The van der Waals surface area contributed by atoms with Gasteiger partial charge in [-0.1, -0.05) is 26.0 Å². The Kier molecular flexibility index (Phi) is 3.40. The van der Waals surface area contributed by atoms with E-state index in [4.69, 9.17) is 10.6 Å². The second-order valence-corrected chi connectivity index (χ2v) is 2.72. The Labute approximate surface area is 84.7 Å². The second kappa shape index (κ2) is 4.56. The van der Waals surface area contributed by atoms with Crippen LogP contribution in [-0.4, -0.2) is 12.1 Å². The van der Waals surface area contributed by atoms with E-state index in [0.717, 1.165) is 17.0 Å². The van der Waals surface area contributed by atoms with E-state index in [1.54, 1.807) is 11.3 Å². The number of hydrogen-bond donors (Lipinski definition) is 1. The van der Waals surface area contributed by atoms with Crippen LogP contribution < -0.4 is 10.6 Å². The van der Waals surface area contributed by atoms with Crippen molar-refractivity contribution in [3.63, 3.8) is 0 Å². The molecule has 0 aromatic heterocycles. The van der Waals surface area contributed by atoms with Crippen LogP contribution in [0.5, 0.6) is 5.75 Å². The third-order valence-corrected chi connectivity index (χ3v) is 1.76. The molecule has 0 aliphatic carbocycles. The number of para-hydroxylation sites is 1. The van der Waals surface area contributed by atoms with E-state index in [2.05, 4.69) is 0 Å². The maximum atomic E-state index is 5.78. The molecule has 3 nitrogen and oxygen atoms in total. The molecular formula is C11H16N2O. The number of hydrogen-bond acceptors (Lipinski definition) is 3. The molecule has 14 heavy (non-hydrogen) atoms. The van der Waals surface area contributed by atoms with Crippen LogP contribution in [0.4, 0.5) is 0 Å². The maximum Gasteiger partial charge on any atom is 0.164 e. The fourth-order valence-electron chi connectivity index (χ4n) is 1.23. The molecule has 0 saturated carbocycles. The zero-order valence-corrected chi connectivity index (χ0v) is 8.82. The summed E-state index contributed by atoms with van der Waals surface area (Å²) < 4.78 is 0. The minimum atomic E-state index is 0.736. The van der Waals surface area contributed by atoms with Crippen molar-refractivity contribution >= 4 is 5.70 Å². The van der Waals surface area contributed by atoms with Gasteiger partial charge in [-0.2, -0.15) is 0 Å². The van der Waals surface area contributed by atoms with Gasteiger partial charge in [0, 0.05) is 12.6 Å². The van der Waals surface area contributed by atoms with E-state index < -0.39 is 0 Å².